The van der Waals surface area contributed by atoms with Crippen LogP contribution in [0.2, 0.25) is 0 Å². The zero-order valence-electron chi connectivity index (χ0n) is 8.66. The van der Waals surface area contributed by atoms with Crippen LogP contribution >= 0.6 is 0 Å². The first-order chi connectivity index (χ1) is 7.31. The Balaban J connectivity index is 2.40. The van der Waals surface area contributed by atoms with Crippen molar-refractivity contribution in [3.05, 3.63) is 47.8 Å². The summed E-state index contributed by atoms with van der Waals surface area (Å²) in [5.74, 6) is 0.849. The van der Waals surface area contributed by atoms with Crippen molar-refractivity contribution in [2.45, 2.75) is 0 Å². The van der Waals surface area contributed by atoms with Crippen LogP contribution in [0.15, 0.2) is 42.2 Å². The molecule has 0 atom stereocenters. The minimum atomic E-state index is 0.759. The number of rotatable bonds is 2. The molecule has 1 aliphatic heterocycles. The normalized spacial score (nSPS) is 15.0. The number of benzene rings is 1. The third-order valence-electron chi connectivity index (χ3n) is 2.43. The van der Waals surface area contributed by atoms with Gasteiger partial charge in [0.05, 0.1) is 7.11 Å². The van der Waals surface area contributed by atoms with Crippen molar-refractivity contribution in [3.63, 3.8) is 0 Å². The monoisotopic (exact) mass is 202 g/mol. The highest BCUT2D eigenvalue weighted by molar-refractivity contribution is 5.73. The molecule has 0 aliphatic carbocycles. The Hall–Kier alpha value is -1.90. The Morgan fingerprint density at radius 1 is 1.40 bits per heavy atom. The van der Waals surface area contributed by atoms with Crippen LogP contribution in [0.1, 0.15) is 5.56 Å². The number of methoxy groups -OCH3 is 1. The van der Waals surface area contributed by atoms with E-state index in [0.29, 0.717) is 0 Å². The van der Waals surface area contributed by atoms with Crippen LogP contribution in [0.5, 0.6) is 5.75 Å². The maximum atomic E-state index is 5.91. The molecule has 0 saturated heterocycles. The maximum Gasteiger partial charge on any atom is 0.119 e. The summed E-state index contributed by atoms with van der Waals surface area (Å²) in [6.45, 7) is 0.759. The molecule has 78 valence electrons. The van der Waals surface area contributed by atoms with E-state index in [4.69, 9.17) is 10.5 Å². The fraction of sp³-hybridized carbons (Fsp3) is 0.167. The Bertz CT molecular complexity index is 421. The van der Waals surface area contributed by atoms with Crippen LogP contribution in [-0.2, 0) is 0 Å². The summed E-state index contributed by atoms with van der Waals surface area (Å²) < 4.78 is 5.18. The number of allylic oxidation sites excluding steroid dienone is 1. The van der Waals surface area contributed by atoms with Crippen LogP contribution in [-0.4, -0.2) is 13.7 Å². The molecule has 3 N–H and O–H groups in total. The van der Waals surface area contributed by atoms with Gasteiger partial charge in [0.25, 0.3) is 0 Å². The third-order valence-corrected chi connectivity index (χ3v) is 2.43. The summed E-state index contributed by atoms with van der Waals surface area (Å²) in [4.78, 5) is 0. The molecule has 2 rings (SSSR count). The molecular weight excluding hydrogens is 188 g/mol. The van der Waals surface area contributed by atoms with E-state index in [1.54, 1.807) is 7.11 Å². The summed E-state index contributed by atoms with van der Waals surface area (Å²) in [6.07, 6.45) is 3.73. The topological polar surface area (TPSA) is 47.3 Å². The molecule has 0 bridgehead atoms. The van der Waals surface area contributed by atoms with Crippen LogP contribution < -0.4 is 15.8 Å². The lowest BCUT2D eigenvalue weighted by Gasteiger charge is -2.15. The molecule has 0 aromatic heterocycles. The second-order valence-corrected chi connectivity index (χ2v) is 3.38. The summed E-state index contributed by atoms with van der Waals surface area (Å²) >= 11 is 0. The van der Waals surface area contributed by atoms with Crippen LogP contribution in [0.25, 0.3) is 5.57 Å². The van der Waals surface area contributed by atoms with Gasteiger partial charge in [0.2, 0.25) is 0 Å². The van der Waals surface area contributed by atoms with Crippen molar-refractivity contribution in [3.8, 4) is 5.75 Å². The molecule has 0 spiro atoms. The highest BCUT2D eigenvalue weighted by Crippen LogP contribution is 2.22. The van der Waals surface area contributed by atoms with Gasteiger partial charge in [-0.25, -0.2) is 0 Å². The average molecular weight is 202 g/mol. The van der Waals surface area contributed by atoms with Gasteiger partial charge in [-0.3, -0.25) is 0 Å². The van der Waals surface area contributed by atoms with Gasteiger partial charge in [-0.15, -0.1) is 0 Å². The number of nitrogens with one attached hydrogen (secondary N) is 1. The fourth-order valence-electron chi connectivity index (χ4n) is 1.59. The Labute approximate surface area is 89.2 Å². The zero-order valence-corrected chi connectivity index (χ0v) is 8.66. The van der Waals surface area contributed by atoms with Crippen LogP contribution in [0.4, 0.5) is 0 Å². The van der Waals surface area contributed by atoms with Gasteiger partial charge in [0, 0.05) is 17.8 Å². The first-order valence-corrected chi connectivity index (χ1v) is 4.84. The SMILES string of the molecule is COc1cccc(C2=C(N)C=CNC2)c1. The van der Waals surface area contributed by atoms with E-state index >= 15 is 0 Å². The highest BCUT2D eigenvalue weighted by atomic mass is 16.5. The van der Waals surface area contributed by atoms with Gasteiger partial charge in [-0.05, 0) is 30.0 Å². The van der Waals surface area contributed by atoms with Crippen molar-refractivity contribution in [1.82, 2.24) is 5.32 Å². The molecule has 1 heterocycles. The third kappa shape index (κ3) is 1.96. The van der Waals surface area contributed by atoms with E-state index in [0.717, 1.165) is 29.1 Å². The lowest BCUT2D eigenvalue weighted by molar-refractivity contribution is 0.414. The molecule has 3 heteroatoms. The number of nitrogens with two attached hydrogens (primary N) is 1. The molecule has 0 unspecified atom stereocenters. The van der Waals surface area contributed by atoms with Crippen molar-refractivity contribution < 1.29 is 4.74 Å². The smallest absolute Gasteiger partial charge is 0.119 e. The van der Waals surface area contributed by atoms with Crippen LogP contribution in [0, 0.1) is 0 Å². The standard InChI is InChI=1S/C12H14N2O/c1-15-10-4-2-3-9(7-10)11-8-14-6-5-12(11)13/h2-7,14H,8,13H2,1H3. The Morgan fingerprint density at radius 3 is 3.00 bits per heavy atom. The molecule has 0 saturated carbocycles. The van der Waals surface area contributed by atoms with Crippen molar-refractivity contribution in [2.24, 2.45) is 5.73 Å². The van der Waals surface area contributed by atoms with Crippen molar-refractivity contribution in [1.29, 1.82) is 0 Å². The van der Waals surface area contributed by atoms with Gasteiger partial charge < -0.3 is 15.8 Å². The second-order valence-electron chi connectivity index (χ2n) is 3.38. The number of dihydropyridines is 1. The summed E-state index contributed by atoms with van der Waals surface area (Å²) in [6, 6.07) is 7.91. The predicted octanol–water partition coefficient (Wildman–Crippen LogP) is 1.48. The van der Waals surface area contributed by atoms with E-state index in [-0.39, 0.29) is 0 Å². The second kappa shape index (κ2) is 4.09. The molecule has 1 aliphatic rings. The zero-order chi connectivity index (χ0) is 10.7. The molecule has 3 nitrogen and oxygen atoms in total. The van der Waals surface area contributed by atoms with E-state index < -0.39 is 0 Å². The molecule has 15 heavy (non-hydrogen) atoms. The first kappa shape index (κ1) is 9.65. The number of hydrogen-bond donors (Lipinski definition) is 2. The Morgan fingerprint density at radius 2 is 2.27 bits per heavy atom. The summed E-state index contributed by atoms with van der Waals surface area (Å²) in [7, 11) is 1.66. The molecule has 0 radical (unpaired) electrons. The van der Waals surface area contributed by atoms with E-state index in [1.807, 2.05) is 36.5 Å². The molecule has 0 fully saturated rings. The fourth-order valence-corrected chi connectivity index (χ4v) is 1.59. The van der Waals surface area contributed by atoms with Gasteiger partial charge in [0.15, 0.2) is 0 Å². The van der Waals surface area contributed by atoms with Gasteiger partial charge in [-0.1, -0.05) is 12.1 Å². The lowest BCUT2D eigenvalue weighted by Crippen LogP contribution is -2.17. The molecule has 1 aromatic rings. The Kier molecular flexibility index (Phi) is 2.63. The molecule has 0 amide bonds. The van der Waals surface area contributed by atoms with E-state index in [1.165, 1.54) is 0 Å². The van der Waals surface area contributed by atoms with Crippen molar-refractivity contribution >= 4 is 5.57 Å². The van der Waals surface area contributed by atoms with E-state index in [9.17, 15) is 0 Å². The van der Waals surface area contributed by atoms with Gasteiger partial charge >= 0.3 is 0 Å². The quantitative estimate of drug-likeness (QED) is 0.763. The molecular formula is C12H14N2O. The largest absolute Gasteiger partial charge is 0.497 e. The summed E-state index contributed by atoms with van der Waals surface area (Å²) in [5.41, 5.74) is 8.93. The van der Waals surface area contributed by atoms with Gasteiger partial charge in [-0.2, -0.15) is 0 Å². The lowest BCUT2D eigenvalue weighted by atomic mass is 10.0. The minimum absolute atomic E-state index is 0.759. The number of hydrogen-bond acceptors (Lipinski definition) is 3. The van der Waals surface area contributed by atoms with Crippen molar-refractivity contribution in [2.75, 3.05) is 13.7 Å². The highest BCUT2D eigenvalue weighted by Gasteiger charge is 2.08. The average Bonchev–Trinajstić information content (AvgIpc) is 2.30. The predicted molar refractivity (Wildman–Crippen MR) is 61.2 cm³/mol. The van der Waals surface area contributed by atoms with E-state index in [2.05, 4.69) is 5.32 Å². The first-order valence-electron chi connectivity index (χ1n) is 4.84. The maximum absolute atomic E-state index is 5.91. The van der Waals surface area contributed by atoms with Gasteiger partial charge in [0.1, 0.15) is 5.75 Å². The summed E-state index contributed by atoms with van der Waals surface area (Å²) in [5, 5.41) is 3.14. The number of ether oxygens (including phenoxy) is 1. The van der Waals surface area contributed by atoms with Crippen LogP contribution in [0.3, 0.4) is 0 Å². The molecule has 1 aromatic carbocycles. The minimum Gasteiger partial charge on any atom is -0.497 e.